The number of carbonyl (C=O) groups excluding carboxylic acids is 2. The minimum absolute atomic E-state index is 0.0564. The molecule has 4 N–H and O–H groups in total. The smallest absolute Gasteiger partial charge is 0.418 e. The monoisotopic (exact) mass is 606 g/mol. The molecule has 0 bridgehead atoms. The van der Waals surface area contributed by atoms with Gasteiger partial charge in [0.15, 0.2) is 5.13 Å². The molecule has 42 heavy (non-hydrogen) atoms. The Bertz CT molecular complexity index is 1380. The maximum absolute atomic E-state index is 13.6. The number of ether oxygens (including phenoxy) is 1. The summed E-state index contributed by atoms with van der Waals surface area (Å²) in [5.74, 6) is -0.0564. The Morgan fingerprint density at radius 2 is 1.69 bits per heavy atom. The highest BCUT2D eigenvalue weighted by Crippen LogP contribution is 2.37. The summed E-state index contributed by atoms with van der Waals surface area (Å²) in [6.07, 6.45) is -4.71. The van der Waals surface area contributed by atoms with Crippen LogP contribution in [-0.2, 0) is 11.6 Å². The average molecular weight is 607 g/mol. The van der Waals surface area contributed by atoms with E-state index in [1.807, 2.05) is 43.2 Å². The lowest BCUT2D eigenvalue weighted by atomic mass is 9.93. The summed E-state index contributed by atoms with van der Waals surface area (Å²) in [5.41, 5.74) is 0.855. The van der Waals surface area contributed by atoms with E-state index >= 15 is 0 Å². The molecule has 0 aliphatic carbocycles. The molecule has 2 heterocycles. The fourth-order valence-corrected chi connectivity index (χ4v) is 5.11. The van der Waals surface area contributed by atoms with Crippen LogP contribution in [0.4, 0.5) is 45.0 Å². The molecule has 2 aromatic carbocycles. The van der Waals surface area contributed by atoms with E-state index in [-0.39, 0.29) is 30.1 Å². The minimum atomic E-state index is -4.71. The van der Waals surface area contributed by atoms with Crippen LogP contribution in [0.1, 0.15) is 32.0 Å². The zero-order chi connectivity index (χ0) is 30.5. The van der Waals surface area contributed by atoms with E-state index in [0.29, 0.717) is 37.0 Å². The highest BCUT2D eigenvalue weighted by atomic mass is 32.1. The van der Waals surface area contributed by atoms with Crippen LogP contribution in [0.25, 0.3) is 0 Å². The lowest BCUT2D eigenvalue weighted by Crippen LogP contribution is -2.50. The molecule has 0 unspecified atom stereocenters. The standard InChI is InChI=1S/C28H33F3N6O4S/c1-27(2,3)23-17-42-25(34-23)35-24(39)32-18-4-6-19(7-5-18)36-10-12-37(13-11-36)26(40)33-22-9-8-20(41-15-14-38)16-21(22)28(29,30)31/h4-9,16-17,38H,10-15H2,1-3H3,(H,33,40)(H2,32,34,35,39). The Morgan fingerprint density at radius 1 is 1.00 bits per heavy atom. The molecular weight excluding hydrogens is 573 g/mol. The highest BCUT2D eigenvalue weighted by molar-refractivity contribution is 7.14. The van der Waals surface area contributed by atoms with Gasteiger partial charge in [0.2, 0.25) is 0 Å². The molecule has 0 spiro atoms. The molecule has 1 saturated heterocycles. The molecule has 0 radical (unpaired) electrons. The molecule has 226 valence electrons. The second-order valence-electron chi connectivity index (χ2n) is 10.6. The minimum Gasteiger partial charge on any atom is -0.491 e. The maximum atomic E-state index is 13.6. The number of carbonyl (C=O) groups is 2. The largest absolute Gasteiger partial charge is 0.491 e. The third-order valence-electron chi connectivity index (χ3n) is 6.45. The molecule has 1 fully saturated rings. The summed E-state index contributed by atoms with van der Waals surface area (Å²) >= 11 is 1.36. The van der Waals surface area contributed by atoms with Gasteiger partial charge in [0.25, 0.3) is 0 Å². The molecule has 14 heteroatoms. The summed E-state index contributed by atoms with van der Waals surface area (Å²) in [4.78, 5) is 33.2. The normalized spacial score (nSPS) is 14.0. The Labute approximate surface area is 245 Å². The van der Waals surface area contributed by atoms with Gasteiger partial charge in [0, 0.05) is 48.3 Å². The predicted molar refractivity (Wildman–Crippen MR) is 157 cm³/mol. The van der Waals surface area contributed by atoms with Crippen LogP contribution in [0, 0.1) is 0 Å². The van der Waals surface area contributed by atoms with E-state index in [9.17, 15) is 22.8 Å². The number of rotatable bonds is 7. The van der Waals surface area contributed by atoms with Crippen LogP contribution in [0.15, 0.2) is 47.8 Å². The Kier molecular flexibility index (Phi) is 9.46. The number of aliphatic hydroxyl groups is 1. The quantitative estimate of drug-likeness (QED) is 0.269. The lowest BCUT2D eigenvalue weighted by Gasteiger charge is -2.36. The van der Waals surface area contributed by atoms with Gasteiger partial charge in [-0.2, -0.15) is 13.2 Å². The number of benzene rings is 2. The van der Waals surface area contributed by atoms with E-state index in [4.69, 9.17) is 9.84 Å². The van der Waals surface area contributed by atoms with Crippen LogP contribution < -0.4 is 25.6 Å². The average Bonchev–Trinajstić information content (AvgIpc) is 3.41. The number of aromatic nitrogens is 1. The summed E-state index contributed by atoms with van der Waals surface area (Å²) in [7, 11) is 0. The molecule has 1 aliphatic rings. The van der Waals surface area contributed by atoms with E-state index in [2.05, 4.69) is 20.9 Å². The van der Waals surface area contributed by atoms with Crippen LogP contribution in [-0.4, -0.2) is 66.4 Å². The number of hydrogen-bond acceptors (Lipinski definition) is 7. The summed E-state index contributed by atoms with van der Waals surface area (Å²) in [6.45, 7) is 7.22. The number of amides is 4. The number of halogens is 3. The fraction of sp³-hybridized carbons (Fsp3) is 0.393. The van der Waals surface area contributed by atoms with Gasteiger partial charge in [-0.25, -0.2) is 14.6 Å². The molecule has 0 saturated carbocycles. The number of nitrogens with zero attached hydrogens (tertiary/aromatic N) is 3. The summed E-state index contributed by atoms with van der Waals surface area (Å²) in [6, 6.07) is 9.44. The topological polar surface area (TPSA) is 119 Å². The number of piperazine rings is 1. The van der Waals surface area contributed by atoms with Crippen molar-refractivity contribution in [2.24, 2.45) is 0 Å². The second-order valence-corrected chi connectivity index (χ2v) is 11.5. The van der Waals surface area contributed by atoms with Crippen molar-refractivity contribution in [1.82, 2.24) is 9.88 Å². The van der Waals surface area contributed by atoms with Gasteiger partial charge >= 0.3 is 18.2 Å². The van der Waals surface area contributed by atoms with Gasteiger partial charge in [0.05, 0.1) is 23.6 Å². The first kappa shape index (κ1) is 30.9. The summed E-state index contributed by atoms with van der Waals surface area (Å²) in [5, 5.41) is 19.2. The predicted octanol–water partition coefficient (Wildman–Crippen LogP) is 5.83. The zero-order valence-electron chi connectivity index (χ0n) is 23.4. The zero-order valence-corrected chi connectivity index (χ0v) is 24.2. The van der Waals surface area contributed by atoms with Crippen molar-refractivity contribution in [2.75, 3.05) is 60.2 Å². The van der Waals surface area contributed by atoms with E-state index in [1.54, 1.807) is 12.1 Å². The van der Waals surface area contributed by atoms with Gasteiger partial charge in [-0.15, -0.1) is 11.3 Å². The maximum Gasteiger partial charge on any atom is 0.418 e. The van der Waals surface area contributed by atoms with Crippen molar-refractivity contribution in [3.05, 3.63) is 59.1 Å². The Morgan fingerprint density at radius 3 is 2.29 bits per heavy atom. The first-order valence-corrected chi connectivity index (χ1v) is 14.1. The first-order chi connectivity index (χ1) is 19.8. The molecule has 0 atom stereocenters. The van der Waals surface area contributed by atoms with Crippen LogP contribution in [0.5, 0.6) is 5.75 Å². The van der Waals surface area contributed by atoms with Crippen molar-refractivity contribution in [3.8, 4) is 5.75 Å². The number of hydrogen-bond donors (Lipinski definition) is 4. The van der Waals surface area contributed by atoms with Gasteiger partial charge in [-0.05, 0) is 42.5 Å². The highest BCUT2D eigenvalue weighted by Gasteiger charge is 2.35. The molecule has 4 amide bonds. The van der Waals surface area contributed by atoms with Crippen molar-refractivity contribution in [2.45, 2.75) is 32.4 Å². The van der Waals surface area contributed by atoms with Crippen molar-refractivity contribution in [3.63, 3.8) is 0 Å². The molecule has 3 aromatic rings. The van der Waals surface area contributed by atoms with E-state index < -0.39 is 23.8 Å². The third kappa shape index (κ3) is 8.03. The molecular formula is C28H33F3N6O4S. The Balaban J connectivity index is 1.29. The van der Waals surface area contributed by atoms with E-state index in [0.717, 1.165) is 23.5 Å². The van der Waals surface area contributed by atoms with Gasteiger partial charge in [0.1, 0.15) is 12.4 Å². The summed E-state index contributed by atoms with van der Waals surface area (Å²) < 4.78 is 45.9. The molecule has 4 rings (SSSR count). The van der Waals surface area contributed by atoms with Crippen LogP contribution >= 0.6 is 11.3 Å². The number of thiazole rings is 1. The van der Waals surface area contributed by atoms with Crippen molar-refractivity contribution >= 4 is 45.6 Å². The first-order valence-electron chi connectivity index (χ1n) is 13.2. The number of alkyl halides is 3. The fourth-order valence-electron chi connectivity index (χ4n) is 4.17. The number of anilines is 4. The number of aliphatic hydroxyl groups excluding tert-OH is 1. The molecule has 1 aliphatic heterocycles. The molecule has 10 nitrogen and oxygen atoms in total. The van der Waals surface area contributed by atoms with Crippen molar-refractivity contribution in [1.29, 1.82) is 0 Å². The van der Waals surface area contributed by atoms with Crippen molar-refractivity contribution < 1.29 is 32.6 Å². The number of nitrogens with one attached hydrogen (secondary N) is 3. The SMILES string of the molecule is CC(C)(C)c1csc(NC(=O)Nc2ccc(N3CCN(C(=O)Nc4ccc(OCCO)cc4C(F)(F)F)CC3)cc2)n1. The van der Waals surface area contributed by atoms with Crippen LogP contribution in [0.2, 0.25) is 0 Å². The number of urea groups is 2. The lowest BCUT2D eigenvalue weighted by molar-refractivity contribution is -0.137. The second kappa shape index (κ2) is 12.9. The van der Waals surface area contributed by atoms with Gasteiger partial charge < -0.3 is 30.3 Å². The van der Waals surface area contributed by atoms with E-state index in [1.165, 1.54) is 22.3 Å². The third-order valence-corrected chi connectivity index (χ3v) is 7.21. The molecule has 1 aromatic heterocycles. The van der Waals surface area contributed by atoms with Crippen LogP contribution in [0.3, 0.4) is 0 Å². The van der Waals surface area contributed by atoms with Gasteiger partial charge in [-0.3, -0.25) is 5.32 Å². The van der Waals surface area contributed by atoms with Gasteiger partial charge in [-0.1, -0.05) is 20.8 Å². The Hall–Kier alpha value is -4.04.